The summed E-state index contributed by atoms with van der Waals surface area (Å²) in [7, 11) is 0. The third-order valence-electron chi connectivity index (χ3n) is 8.07. The quantitative estimate of drug-likeness (QED) is 0.652. The molecule has 2 N–H and O–H groups in total. The Hall–Kier alpha value is -3.16. The minimum Gasteiger partial charge on any atom is -0.336 e. The molecule has 1 aromatic rings. The van der Waals surface area contributed by atoms with Crippen molar-refractivity contribution >= 4 is 17.7 Å². The second kappa shape index (κ2) is 8.18. The smallest absolute Gasteiger partial charge is 0.336 e. The van der Waals surface area contributed by atoms with Crippen LogP contribution >= 0.6 is 0 Å². The summed E-state index contributed by atoms with van der Waals surface area (Å²) >= 11 is 0. The van der Waals surface area contributed by atoms with Gasteiger partial charge in [0.2, 0.25) is 11.8 Å². The monoisotopic (exact) mass is 505 g/mol. The summed E-state index contributed by atoms with van der Waals surface area (Å²) in [5.74, 6) is -3.73. The van der Waals surface area contributed by atoms with E-state index in [1.54, 1.807) is 39.2 Å². The molecule has 2 unspecified atom stereocenters. The van der Waals surface area contributed by atoms with Gasteiger partial charge in [-0.15, -0.1) is 0 Å². The maximum atomic E-state index is 13.7. The molecule has 1 aliphatic heterocycles. The molecule has 4 rings (SSSR count). The van der Waals surface area contributed by atoms with Gasteiger partial charge in [-0.3, -0.25) is 19.4 Å². The van der Waals surface area contributed by atoms with Gasteiger partial charge in [0.05, 0.1) is 6.07 Å². The summed E-state index contributed by atoms with van der Waals surface area (Å²) in [4.78, 5) is 44.5. The van der Waals surface area contributed by atoms with Crippen LogP contribution in [0.3, 0.4) is 0 Å². The molecule has 36 heavy (non-hydrogen) atoms. The third-order valence-corrected chi connectivity index (χ3v) is 8.07. The van der Waals surface area contributed by atoms with Crippen molar-refractivity contribution in [3.05, 3.63) is 29.6 Å². The lowest BCUT2D eigenvalue weighted by Crippen LogP contribution is -2.61. The molecule has 8 nitrogen and oxygen atoms in total. The summed E-state index contributed by atoms with van der Waals surface area (Å²) in [5.41, 5.74) is -1.10. The van der Waals surface area contributed by atoms with Crippen molar-refractivity contribution < 1.29 is 27.6 Å². The van der Waals surface area contributed by atoms with Crippen molar-refractivity contribution in [2.45, 2.75) is 71.3 Å². The van der Waals surface area contributed by atoms with Gasteiger partial charge < -0.3 is 15.5 Å². The number of hydrogen-bond donors (Lipinski definition) is 2. The van der Waals surface area contributed by atoms with Crippen LogP contribution in [0.5, 0.6) is 0 Å². The van der Waals surface area contributed by atoms with Crippen LogP contribution < -0.4 is 10.6 Å². The molecule has 1 saturated carbocycles. The Morgan fingerprint density at radius 2 is 1.92 bits per heavy atom. The second-order valence-corrected chi connectivity index (χ2v) is 11.7. The number of piperidine rings is 1. The van der Waals surface area contributed by atoms with Crippen molar-refractivity contribution in [1.29, 1.82) is 5.26 Å². The molecule has 1 aromatic heterocycles. The molecule has 11 heteroatoms. The number of fused-ring (bicyclic) bond motifs is 2. The number of nitrogens with one attached hydrogen (secondary N) is 2. The first-order chi connectivity index (χ1) is 16.5. The fourth-order valence-corrected chi connectivity index (χ4v) is 5.88. The number of aromatic nitrogens is 1. The van der Waals surface area contributed by atoms with Crippen molar-refractivity contribution in [3.63, 3.8) is 0 Å². The van der Waals surface area contributed by atoms with Gasteiger partial charge in [-0.05, 0) is 47.1 Å². The Morgan fingerprint density at radius 1 is 1.25 bits per heavy atom. The highest BCUT2D eigenvalue weighted by Crippen LogP contribution is 2.65. The molecule has 3 amide bonds. The summed E-state index contributed by atoms with van der Waals surface area (Å²) in [5, 5.41) is 14.8. The molecule has 2 heterocycles. The van der Waals surface area contributed by atoms with E-state index in [0.29, 0.717) is 18.4 Å². The van der Waals surface area contributed by atoms with E-state index in [9.17, 15) is 32.8 Å². The third kappa shape index (κ3) is 4.10. The van der Waals surface area contributed by atoms with Crippen LogP contribution in [0.15, 0.2) is 18.5 Å². The van der Waals surface area contributed by atoms with Gasteiger partial charge in [-0.25, -0.2) is 0 Å². The van der Waals surface area contributed by atoms with E-state index in [1.807, 2.05) is 19.2 Å². The molecule has 0 aromatic carbocycles. The topological polar surface area (TPSA) is 115 Å². The van der Waals surface area contributed by atoms with Gasteiger partial charge in [0.15, 0.2) is 5.54 Å². The Bertz CT molecular complexity index is 1150. The van der Waals surface area contributed by atoms with Gasteiger partial charge in [0.1, 0.15) is 12.1 Å². The largest absolute Gasteiger partial charge is 0.471 e. The second-order valence-electron chi connectivity index (χ2n) is 11.7. The summed E-state index contributed by atoms with van der Waals surface area (Å²) < 4.78 is 39.0. The van der Waals surface area contributed by atoms with Crippen LogP contribution in [-0.2, 0) is 26.3 Å². The number of carbonyl (C=O) groups is 3. The molecule has 0 bridgehead atoms. The molecule has 3 aliphatic rings. The minimum absolute atomic E-state index is 0.0216. The molecule has 5 atom stereocenters. The maximum absolute atomic E-state index is 13.7. The van der Waals surface area contributed by atoms with Crippen LogP contribution in [0.2, 0.25) is 0 Å². The van der Waals surface area contributed by atoms with Crippen LogP contribution in [0, 0.1) is 34.0 Å². The number of likely N-dealkylation sites (tertiary alicyclic amines) is 1. The average molecular weight is 506 g/mol. The van der Waals surface area contributed by atoms with E-state index < -0.39 is 46.9 Å². The highest BCUT2D eigenvalue weighted by molar-refractivity contribution is 5.95. The van der Waals surface area contributed by atoms with Crippen LogP contribution in [-0.4, -0.2) is 52.4 Å². The first kappa shape index (κ1) is 25.9. The molecule has 2 fully saturated rings. The lowest BCUT2D eigenvalue weighted by Gasteiger charge is -2.38. The number of rotatable bonds is 4. The Kier molecular flexibility index (Phi) is 5.89. The molecule has 194 valence electrons. The van der Waals surface area contributed by atoms with Crippen molar-refractivity contribution in [2.75, 3.05) is 6.54 Å². The SMILES string of the molecule is CC(C)(C)C(NC(=O)C(F)(F)F)C(=O)N1C[C@H]2[C@@H]([C@H]1C(=O)NC1(C#N)CCc3ccncc31)C2(C)C. The van der Waals surface area contributed by atoms with E-state index in [0.717, 1.165) is 5.56 Å². The number of aryl methyl sites for hydroxylation is 1. The summed E-state index contributed by atoms with van der Waals surface area (Å²) in [6, 6.07) is 1.54. The Labute approximate surface area is 207 Å². The number of carbonyl (C=O) groups excluding carboxylic acids is 3. The molecule has 2 aliphatic carbocycles. The standard InChI is InChI=1S/C25H30F3N5O3/c1-22(2,3)18(31-21(36)25(26,27)28)20(35)33-11-15-16(23(15,4)5)17(33)19(34)32-24(12-29)8-6-13-7-9-30-10-14(13)24/h7,9-10,15-18H,6,8,11H2,1-5H3,(H,31,36)(H,32,34)/t15-,16-,17-,18?,24?/m0/s1. The minimum atomic E-state index is -5.15. The first-order valence-corrected chi connectivity index (χ1v) is 11.9. The normalized spacial score (nSPS) is 29.0. The summed E-state index contributed by atoms with van der Waals surface area (Å²) in [6.45, 7) is 8.79. The Balaban J connectivity index is 1.64. The number of halogens is 3. The molecule has 0 spiro atoms. The number of nitrogens with zero attached hydrogens (tertiary/aromatic N) is 3. The fourth-order valence-electron chi connectivity index (χ4n) is 5.88. The molecule has 0 radical (unpaired) electrons. The van der Waals surface area contributed by atoms with Crippen molar-refractivity contribution in [1.82, 2.24) is 20.5 Å². The van der Waals surface area contributed by atoms with Gasteiger partial charge in [0.25, 0.3) is 0 Å². The summed E-state index contributed by atoms with van der Waals surface area (Å²) in [6.07, 6.45) is -1.06. The maximum Gasteiger partial charge on any atom is 0.471 e. The highest BCUT2D eigenvalue weighted by Gasteiger charge is 2.70. The van der Waals surface area contributed by atoms with Gasteiger partial charge in [-0.2, -0.15) is 18.4 Å². The average Bonchev–Trinajstić information content (AvgIpc) is 3.14. The predicted molar refractivity (Wildman–Crippen MR) is 122 cm³/mol. The van der Waals surface area contributed by atoms with E-state index in [-0.39, 0.29) is 23.8 Å². The van der Waals surface area contributed by atoms with Crippen LogP contribution in [0.4, 0.5) is 13.2 Å². The number of amides is 3. The van der Waals surface area contributed by atoms with Gasteiger partial charge in [0, 0.05) is 24.5 Å². The highest BCUT2D eigenvalue weighted by atomic mass is 19.4. The van der Waals surface area contributed by atoms with Crippen molar-refractivity contribution in [2.24, 2.45) is 22.7 Å². The van der Waals surface area contributed by atoms with Crippen LogP contribution in [0.25, 0.3) is 0 Å². The van der Waals surface area contributed by atoms with E-state index in [2.05, 4.69) is 16.4 Å². The van der Waals surface area contributed by atoms with E-state index >= 15 is 0 Å². The zero-order chi connectivity index (χ0) is 26.8. The number of pyridine rings is 1. The predicted octanol–water partition coefficient (Wildman–Crippen LogP) is 2.44. The van der Waals surface area contributed by atoms with Gasteiger partial charge in [-0.1, -0.05) is 34.6 Å². The zero-order valence-corrected chi connectivity index (χ0v) is 20.9. The van der Waals surface area contributed by atoms with Gasteiger partial charge >= 0.3 is 12.1 Å². The van der Waals surface area contributed by atoms with E-state index in [1.165, 1.54) is 4.90 Å². The number of nitriles is 1. The van der Waals surface area contributed by atoms with E-state index in [4.69, 9.17) is 0 Å². The molecular weight excluding hydrogens is 475 g/mol. The lowest BCUT2D eigenvalue weighted by atomic mass is 9.85. The van der Waals surface area contributed by atoms with Crippen LogP contribution in [0.1, 0.15) is 52.2 Å². The lowest BCUT2D eigenvalue weighted by molar-refractivity contribution is -0.176. The first-order valence-electron chi connectivity index (χ1n) is 11.9. The van der Waals surface area contributed by atoms with Crippen molar-refractivity contribution in [3.8, 4) is 6.07 Å². The molecular formula is C25H30F3N5O3. The number of hydrogen-bond acceptors (Lipinski definition) is 5. The number of alkyl halides is 3. The fraction of sp³-hybridized carbons (Fsp3) is 0.640. The Morgan fingerprint density at radius 3 is 2.50 bits per heavy atom. The molecule has 1 saturated heterocycles. The zero-order valence-electron chi connectivity index (χ0n) is 20.9.